The first-order valence-corrected chi connectivity index (χ1v) is 11.3. The summed E-state index contributed by atoms with van der Waals surface area (Å²) in [4.78, 5) is 20.5. The third-order valence-electron chi connectivity index (χ3n) is 6.20. The molecule has 4 aromatic rings. The molecule has 1 fully saturated rings. The van der Waals surface area contributed by atoms with Gasteiger partial charge in [0.25, 0.3) is 0 Å². The summed E-state index contributed by atoms with van der Waals surface area (Å²) in [5.74, 6) is 1.60. The topological polar surface area (TPSA) is 67.6 Å². The molecule has 5 rings (SSSR count). The normalized spacial score (nSPS) is 17.5. The number of hydrogen-bond donors (Lipinski definition) is 1. The summed E-state index contributed by atoms with van der Waals surface area (Å²) in [7, 11) is 1.63. The Morgan fingerprint density at radius 1 is 1.06 bits per heavy atom. The molecule has 33 heavy (non-hydrogen) atoms. The van der Waals surface area contributed by atoms with E-state index in [1.165, 1.54) is 0 Å². The Morgan fingerprint density at radius 2 is 1.82 bits per heavy atom. The second-order valence-corrected chi connectivity index (χ2v) is 8.38. The van der Waals surface area contributed by atoms with Crippen LogP contribution in [0.5, 0.6) is 5.75 Å². The van der Waals surface area contributed by atoms with Gasteiger partial charge in [0.2, 0.25) is 5.91 Å². The zero-order chi connectivity index (χ0) is 22.6. The summed E-state index contributed by atoms with van der Waals surface area (Å²) in [6.45, 7) is 1.55. The van der Waals surface area contributed by atoms with Gasteiger partial charge in [0.1, 0.15) is 17.3 Å². The fraction of sp³-hybridized carbons (Fsp3) is 0.259. The van der Waals surface area contributed by atoms with Crippen LogP contribution in [0.15, 0.2) is 83.3 Å². The van der Waals surface area contributed by atoms with Gasteiger partial charge in [-0.3, -0.25) is 9.69 Å². The van der Waals surface area contributed by atoms with Crippen LogP contribution < -0.4 is 10.1 Å². The summed E-state index contributed by atoms with van der Waals surface area (Å²) in [5, 5.41) is 3.09. The molecule has 6 heteroatoms. The lowest BCUT2D eigenvalue weighted by molar-refractivity contribution is -0.122. The number of oxazole rings is 1. The van der Waals surface area contributed by atoms with Crippen molar-refractivity contribution in [3.8, 4) is 5.75 Å². The third kappa shape index (κ3) is 4.61. The average Bonchev–Trinajstić information content (AvgIpc) is 3.30. The van der Waals surface area contributed by atoms with Crippen LogP contribution in [-0.2, 0) is 4.79 Å². The predicted molar refractivity (Wildman–Crippen MR) is 128 cm³/mol. The number of aromatic nitrogens is 1. The van der Waals surface area contributed by atoms with E-state index in [1.807, 2.05) is 78.9 Å². The van der Waals surface area contributed by atoms with Crippen molar-refractivity contribution in [2.45, 2.75) is 24.8 Å². The number of nitrogens with one attached hydrogen (secondary N) is 1. The monoisotopic (exact) mass is 441 g/mol. The Hall–Kier alpha value is -3.64. The number of ether oxygens (including phenoxy) is 1. The Kier molecular flexibility index (Phi) is 6.09. The molecule has 1 saturated heterocycles. The SMILES string of the molecule is COc1ccc(NC(=O)C(c2ccccc2)N2CCCC(c3nc4ccccc4o3)C2)cc1. The number of rotatable bonds is 6. The first kappa shape index (κ1) is 21.2. The molecule has 0 bridgehead atoms. The van der Waals surface area contributed by atoms with Gasteiger partial charge in [-0.2, -0.15) is 0 Å². The molecule has 0 spiro atoms. The van der Waals surface area contributed by atoms with E-state index in [0.717, 1.165) is 53.4 Å². The van der Waals surface area contributed by atoms with E-state index in [4.69, 9.17) is 14.1 Å². The molecular formula is C27H27N3O3. The molecule has 0 radical (unpaired) electrons. The van der Waals surface area contributed by atoms with Gasteiger partial charge in [-0.15, -0.1) is 0 Å². The second kappa shape index (κ2) is 9.46. The largest absolute Gasteiger partial charge is 0.497 e. The van der Waals surface area contributed by atoms with E-state index < -0.39 is 6.04 Å². The van der Waals surface area contributed by atoms with Crippen LogP contribution in [0.3, 0.4) is 0 Å². The number of para-hydroxylation sites is 2. The lowest BCUT2D eigenvalue weighted by Crippen LogP contribution is -2.42. The van der Waals surface area contributed by atoms with Crippen LogP contribution in [0.25, 0.3) is 11.1 Å². The summed E-state index contributed by atoms with van der Waals surface area (Å²) < 4.78 is 11.3. The number of fused-ring (bicyclic) bond motifs is 1. The Bertz CT molecular complexity index is 1190. The van der Waals surface area contributed by atoms with E-state index in [-0.39, 0.29) is 11.8 Å². The van der Waals surface area contributed by atoms with Crippen molar-refractivity contribution >= 4 is 22.7 Å². The van der Waals surface area contributed by atoms with E-state index >= 15 is 0 Å². The molecule has 3 aromatic carbocycles. The van der Waals surface area contributed by atoms with Gasteiger partial charge >= 0.3 is 0 Å². The first-order chi connectivity index (χ1) is 16.2. The highest BCUT2D eigenvalue weighted by molar-refractivity contribution is 5.95. The van der Waals surface area contributed by atoms with Gasteiger partial charge in [0.15, 0.2) is 11.5 Å². The maximum Gasteiger partial charge on any atom is 0.246 e. The van der Waals surface area contributed by atoms with Gasteiger partial charge in [-0.1, -0.05) is 42.5 Å². The molecule has 2 unspecified atom stereocenters. The number of methoxy groups -OCH3 is 1. The van der Waals surface area contributed by atoms with Crippen LogP contribution >= 0.6 is 0 Å². The van der Waals surface area contributed by atoms with Crippen LogP contribution in [0.4, 0.5) is 5.69 Å². The molecular weight excluding hydrogens is 414 g/mol. The molecule has 168 valence electrons. The van der Waals surface area contributed by atoms with Crippen molar-refractivity contribution in [2.24, 2.45) is 0 Å². The quantitative estimate of drug-likeness (QED) is 0.434. The van der Waals surface area contributed by atoms with Crippen molar-refractivity contribution in [3.05, 3.63) is 90.3 Å². The number of carbonyl (C=O) groups is 1. The van der Waals surface area contributed by atoms with Crippen LogP contribution in [0.2, 0.25) is 0 Å². The fourth-order valence-corrected chi connectivity index (χ4v) is 4.56. The number of likely N-dealkylation sites (tertiary alicyclic amines) is 1. The van der Waals surface area contributed by atoms with Gasteiger partial charge in [-0.05, 0) is 61.3 Å². The second-order valence-electron chi connectivity index (χ2n) is 8.38. The number of hydrogen-bond acceptors (Lipinski definition) is 5. The molecule has 1 aromatic heterocycles. The first-order valence-electron chi connectivity index (χ1n) is 11.3. The van der Waals surface area contributed by atoms with Crippen molar-refractivity contribution in [1.82, 2.24) is 9.88 Å². The number of benzene rings is 3. The van der Waals surface area contributed by atoms with E-state index in [1.54, 1.807) is 7.11 Å². The summed E-state index contributed by atoms with van der Waals surface area (Å²) >= 11 is 0. The van der Waals surface area contributed by atoms with Gasteiger partial charge in [0, 0.05) is 18.2 Å². The van der Waals surface area contributed by atoms with Crippen molar-refractivity contribution < 1.29 is 13.9 Å². The zero-order valence-electron chi connectivity index (χ0n) is 18.6. The molecule has 2 atom stereocenters. The summed E-state index contributed by atoms with van der Waals surface area (Å²) in [5.41, 5.74) is 3.40. The maximum absolute atomic E-state index is 13.5. The molecule has 1 aliphatic rings. The Balaban J connectivity index is 1.40. The number of amides is 1. The minimum Gasteiger partial charge on any atom is -0.497 e. The Labute approximate surface area is 193 Å². The van der Waals surface area contributed by atoms with Gasteiger partial charge < -0.3 is 14.5 Å². The standard InChI is InChI=1S/C27H27N3O3/c1-32-22-15-13-21(14-16-22)28-26(31)25(19-8-3-2-4-9-19)30-17-7-10-20(18-30)27-29-23-11-5-6-12-24(23)33-27/h2-6,8-9,11-16,20,25H,7,10,17-18H2,1H3,(H,28,31). The zero-order valence-corrected chi connectivity index (χ0v) is 18.6. The molecule has 2 heterocycles. The summed E-state index contributed by atoms with van der Waals surface area (Å²) in [6, 6.07) is 24.8. The summed E-state index contributed by atoms with van der Waals surface area (Å²) in [6.07, 6.45) is 1.97. The molecule has 1 amide bonds. The highest BCUT2D eigenvalue weighted by atomic mass is 16.5. The average molecular weight is 442 g/mol. The highest BCUT2D eigenvalue weighted by Crippen LogP contribution is 2.34. The molecule has 6 nitrogen and oxygen atoms in total. The van der Waals surface area contributed by atoms with Crippen LogP contribution in [0.1, 0.15) is 36.3 Å². The number of carbonyl (C=O) groups excluding carboxylic acids is 1. The molecule has 0 saturated carbocycles. The van der Waals surface area contributed by atoms with E-state index in [9.17, 15) is 4.79 Å². The third-order valence-corrected chi connectivity index (χ3v) is 6.20. The number of nitrogens with zero attached hydrogens (tertiary/aromatic N) is 2. The number of anilines is 1. The Morgan fingerprint density at radius 3 is 2.58 bits per heavy atom. The minimum absolute atomic E-state index is 0.0513. The molecule has 1 N–H and O–H groups in total. The minimum atomic E-state index is -0.402. The fourth-order valence-electron chi connectivity index (χ4n) is 4.56. The lowest BCUT2D eigenvalue weighted by atomic mass is 9.94. The van der Waals surface area contributed by atoms with E-state index in [0.29, 0.717) is 6.54 Å². The highest BCUT2D eigenvalue weighted by Gasteiger charge is 2.34. The molecule has 1 aliphatic heterocycles. The van der Waals surface area contributed by atoms with Crippen LogP contribution in [-0.4, -0.2) is 36.0 Å². The smallest absolute Gasteiger partial charge is 0.246 e. The van der Waals surface area contributed by atoms with E-state index in [2.05, 4.69) is 10.2 Å². The maximum atomic E-state index is 13.5. The number of piperidine rings is 1. The van der Waals surface area contributed by atoms with Crippen molar-refractivity contribution in [1.29, 1.82) is 0 Å². The van der Waals surface area contributed by atoms with Gasteiger partial charge in [-0.25, -0.2) is 4.98 Å². The predicted octanol–water partition coefficient (Wildman–Crippen LogP) is 5.40. The van der Waals surface area contributed by atoms with Crippen molar-refractivity contribution in [2.75, 3.05) is 25.5 Å². The van der Waals surface area contributed by atoms with Gasteiger partial charge in [0.05, 0.1) is 7.11 Å². The molecule has 0 aliphatic carbocycles. The van der Waals surface area contributed by atoms with Crippen molar-refractivity contribution in [3.63, 3.8) is 0 Å². The van der Waals surface area contributed by atoms with Crippen LogP contribution in [0, 0.1) is 0 Å². The lowest BCUT2D eigenvalue weighted by Gasteiger charge is -2.36.